The third kappa shape index (κ3) is 4.24. The summed E-state index contributed by atoms with van der Waals surface area (Å²) in [4.78, 5) is 4.24. The molecule has 0 aliphatic rings. The zero-order valence-electron chi connectivity index (χ0n) is 11.7. The van der Waals surface area contributed by atoms with Gasteiger partial charge in [-0.2, -0.15) is 8.78 Å². The first-order valence-electron chi connectivity index (χ1n) is 6.57. The van der Waals surface area contributed by atoms with Gasteiger partial charge in [-0.05, 0) is 24.1 Å². The molecule has 1 heterocycles. The molecule has 7 heteroatoms. The molecule has 2 aromatic rings. The highest BCUT2D eigenvalue weighted by Crippen LogP contribution is 2.23. The zero-order valence-corrected chi connectivity index (χ0v) is 11.7. The molecule has 0 saturated heterocycles. The van der Waals surface area contributed by atoms with Crippen LogP contribution < -0.4 is 16.0 Å². The third-order valence-corrected chi connectivity index (χ3v) is 3.26. The van der Waals surface area contributed by atoms with Crippen LogP contribution in [0, 0.1) is 0 Å². The number of hydrogen-bond acceptors (Lipinski definition) is 4. The molecule has 1 unspecified atom stereocenters. The number of hydrogen-bond donors (Lipinski definition) is 2. The summed E-state index contributed by atoms with van der Waals surface area (Å²) in [6, 6.07) is 6.37. The zero-order chi connectivity index (χ0) is 15.2. The molecular formula is C14H18F2N4O. The Bertz CT molecular complexity index is 574. The monoisotopic (exact) mass is 296 g/mol. The maximum absolute atomic E-state index is 12.2. The number of nitrogens with two attached hydrogens (primary N) is 1. The molecule has 0 fully saturated rings. The first kappa shape index (κ1) is 15.4. The van der Waals surface area contributed by atoms with Crippen molar-refractivity contribution in [2.75, 3.05) is 0 Å². The van der Waals surface area contributed by atoms with Gasteiger partial charge in [-0.3, -0.25) is 11.3 Å². The topological polar surface area (TPSA) is 65.1 Å². The van der Waals surface area contributed by atoms with Crippen LogP contribution in [-0.4, -0.2) is 16.2 Å². The lowest BCUT2D eigenvalue weighted by atomic mass is 10.0. The van der Waals surface area contributed by atoms with Crippen LogP contribution in [0.25, 0.3) is 0 Å². The summed E-state index contributed by atoms with van der Waals surface area (Å²) < 4.78 is 30.8. The normalized spacial score (nSPS) is 12.6. The Labute approximate surface area is 121 Å². The number of nitrogens with zero attached hydrogens (tertiary/aromatic N) is 2. The van der Waals surface area contributed by atoms with E-state index in [4.69, 9.17) is 5.84 Å². The average Bonchev–Trinajstić information content (AvgIpc) is 2.85. The van der Waals surface area contributed by atoms with E-state index in [9.17, 15) is 8.78 Å². The van der Waals surface area contributed by atoms with Gasteiger partial charge in [-0.15, -0.1) is 0 Å². The molecule has 1 aromatic carbocycles. The van der Waals surface area contributed by atoms with Crippen LogP contribution in [-0.2, 0) is 13.5 Å². The van der Waals surface area contributed by atoms with Crippen molar-refractivity contribution in [3.8, 4) is 5.75 Å². The van der Waals surface area contributed by atoms with Gasteiger partial charge in [0.25, 0.3) is 0 Å². The van der Waals surface area contributed by atoms with Gasteiger partial charge in [0, 0.05) is 31.9 Å². The Morgan fingerprint density at radius 2 is 2.24 bits per heavy atom. The van der Waals surface area contributed by atoms with E-state index in [1.807, 2.05) is 23.9 Å². The van der Waals surface area contributed by atoms with Gasteiger partial charge in [0.2, 0.25) is 0 Å². The van der Waals surface area contributed by atoms with Crippen LogP contribution in [0.15, 0.2) is 36.7 Å². The second-order valence-corrected chi connectivity index (χ2v) is 4.66. The van der Waals surface area contributed by atoms with E-state index in [1.165, 1.54) is 6.07 Å². The smallest absolute Gasteiger partial charge is 0.387 e. The molecule has 0 amide bonds. The van der Waals surface area contributed by atoms with Gasteiger partial charge < -0.3 is 9.30 Å². The minimum Gasteiger partial charge on any atom is -0.435 e. The molecule has 2 rings (SSSR count). The van der Waals surface area contributed by atoms with Gasteiger partial charge in [-0.1, -0.05) is 12.1 Å². The van der Waals surface area contributed by atoms with Crippen LogP contribution in [0.4, 0.5) is 8.78 Å². The Morgan fingerprint density at radius 1 is 1.43 bits per heavy atom. The molecule has 1 aromatic heterocycles. The minimum absolute atomic E-state index is 0.125. The Kier molecular flexibility index (Phi) is 5.24. The fourth-order valence-electron chi connectivity index (χ4n) is 2.16. The van der Waals surface area contributed by atoms with Crippen LogP contribution in [0.3, 0.4) is 0 Å². The fraction of sp³-hybridized carbons (Fsp3) is 0.357. The molecule has 0 saturated carbocycles. The average molecular weight is 296 g/mol. The number of aromatic nitrogens is 2. The Hall–Kier alpha value is -1.99. The van der Waals surface area contributed by atoms with Crippen LogP contribution >= 0.6 is 0 Å². The Balaban J connectivity index is 2.05. The molecule has 0 aliphatic heterocycles. The quantitative estimate of drug-likeness (QED) is 0.607. The minimum atomic E-state index is -2.84. The first-order chi connectivity index (χ1) is 10.1. The lowest BCUT2D eigenvalue weighted by Crippen LogP contribution is -2.28. The predicted octanol–water partition coefficient (Wildman–Crippen LogP) is 2.16. The number of halogens is 2. The standard InChI is InChI=1S/C14H18F2N4O/c1-20-8-7-18-13(20)6-5-12(19-17)10-3-2-4-11(9-10)21-14(15)16/h2-4,7-9,12,14,19H,5-6,17H2,1H3. The number of benzene rings is 1. The molecule has 0 spiro atoms. The largest absolute Gasteiger partial charge is 0.435 e. The van der Waals surface area contributed by atoms with Gasteiger partial charge >= 0.3 is 6.61 Å². The molecular weight excluding hydrogens is 278 g/mol. The number of rotatable bonds is 7. The van der Waals surface area contributed by atoms with Gasteiger partial charge in [-0.25, -0.2) is 4.98 Å². The summed E-state index contributed by atoms with van der Waals surface area (Å²) in [6.45, 7) is -2.84. The second-order valence-electron chi connectivity index (χ2n) is 4.66. The van der Waals surface area contributed by atoms with Crippen molar-refractivity contribution in [2.24, 2.45) is 12.9 Å². The van der Waals surface area contributed by atoms with Crippen molar-refractivity contribution >= 4 is 0 Å². The molecule has 1 atom stereocenters. The number of hydrazine groups is 1. The number of nitrogens with one attached hydrogen (secondary N) is 1. The Morgan fingerprint density at radius 3 is 2.86 bits per heavy atom. The SMILES string of the molecule is Cn1ccnc1CCC(NN)c1cccc(OC(F)F)c1. The summed E-state index contributed by atoms with van der Waals surface area (Å²) in [5, 5.41) is 0. The van der Waals surface area contributed by atoms with E-state index in [0.29, 0.717) is 6.42 Å². The molecule has 0 bridgehead atoms. The van der Waals surface area contributed by atoms with Gasteiger partial charge in [0.15, 0.2) is 0 Å². The third-order valence-electron chi connectivity index (χ3n) is 3.26. The lowest BCUT2D eigenvalue weighted by molar-refractivity contribution is -0.0499. The summed E-state index contributed by atoms with van der Waals surface area (Å²) >= 11 is 0. The van der Waals surface area contributed by atoms with E-state index in [0.717, 1.165) is 17.8 Å². The van der Waals surface area contributed by atoms with E-state index in [-0.39, 0.29) is 11.8 Å². The second kappa shape index (κ2) is 7.14. The summed E-state index contributed by atoms with van der Waals surface area (Å²) in [5.41, 5.74) is 3.50. The molecule has 114 valence electrons. The number of alkyl halides is 2. The maximum Gasteiger partial charge on any atom is 0.387 e. The van der Waals surface area contributed by atoms with E-state index in [2.05, 4.69) is 15.1 Å². The number of imidazole rings is 1. The summed E-state index contributed by atoms with van der Waals surface area (Å²) in [6.07, 6.45) is 5.02. The fourth-order valence-corrected chi connectivity index (χ4v) is 2.16. The van der Waals surface area contributed by atoms with E-state index >= 15 is 0 Å². The first-order valence-corrected chi connectivity index (χ1v) is 6.57. The molecule has 5 nitrogen and oxygen atoms in total. The van der Waals surface area contributed by atoms with Gasteiger partial charge in [0.05, 0.1) is 0 Å². The summed E-state index contributed by atoms with van der Waals surface area (Å²) in [7, 11) is 1.92. The molecule has 3 N–H and O–H groups in total. The highest BCUT2D eigenvalue weighted by molar-refractivity contribution is 5.30. The summed E-state index contributed by atoms with van der Waals surface area (Å²) in [5.74, 6) is 6.63. The highest BCUT2D eigenvalue weighted by Gasteiger charge is 2.13. The maximum atomic E-state index is 12.2. The van der Waals surface area contributed by atoms with E-state index in [1.54, 1.807) is 18.3 Å². The highest BCUT2D eigenvalue weighted by atomic mass is 19.3. The van der Waals surface area contributed by atoms with Crippen LogP contribution in [0.2, 0.25) is 0 Å². The van der Waals surface area contributed by atoms with Gasteiger partial charge in [0.1, 0.15) is 11.6 Å². The van der Waals surface area contributed by atoms with Crippen molar-refractivity contribution in [2.45, 2.75) is 25.5 Å². The molecule has 0 aliphatic carbocycles. The lowest BCUT2D eigenvalue weighted by Gasteiger charge is -2.17. The molecule has 0 radical (unpaired) electrons. The van der Waals surface area contributed by atoms with Crippen molar-refractivity contribution in [3.63, 3.8) is 0 Å². The van der Waals surface area contributed by atoms with Crippen LogP contribution in [0.5, 0.6) is 5.75 Å². The number of aryl methyl sites for hydroxylation is 2. The van der Waals surface area contributed by atoms with Crippen molar-refractivity contribution in [3.05, 3.63) is 48.0 Å². The van der Waals surface area contributed by atoms with Crippen molar-refractivity contribution in [1.82, 2.24) is 15.0 Å². The van der Waals surface area contributed by atoms with Crippen LogP contribution in [0.1, 0.15) is 23.9 Å². The molecule has 21 heavy (non-hydrogen) atoms. The van der Waals surface area contributed by atoms with E-state index < -0.39 is 6.61 Å². The van der Waals surface area contributed by atoms with Crippen molar-refractivity contribution < 1.29 is 13.5 Å². The number of ether oxygens (including phenoxy) is 1. The predicted molar refractivity (Wildman–Crippen MR) is 74.7 cm³/mol. The van der Waals surface area contributed by atoms with Crippen molar-refractivity contribution in [1.29, 1.82) is 0 Å².